The van der Waals surface area contributed by atoms with Gasteiger partial charge in [0.05, 0.1) is 0 Å². The fraction of sp³-hybridized carbons (Fsp3) is 0.111. The van der Waals surface area contributed by atoms with Crippen molar-refractivity contribution in [2.75, 3.05) is 0 Å². The summed E-state index contributed by atoms with van der Waals surface area (Å²) < 4.78 is 0. The fourth-order valence-electron chi connectivity index (χ4n) is 2.11. The molecule has 0 heterocycles. The van der Waals surface area contributed by atoms with Gasteiger partial charge in [-0.15, -0.1) is 28.0 Å². The van der Waals surface area contributed by atoms with Crippen LogP contribution in [0.5, 0.6) is 0 Å². The van der Waals surface area contributed by atoms with Crippen LogP contribution in [-0.4, -0.2) is 8.41 Å². The molecule has 0 amide bonds. The number of benzene rings is 3. The number of hydrogen-bond acceptors (Lipinski definition) is 0. The predicted octanol–water partition coefficient (Wildman–Crippen LogP) is 4.34. The number of aryl methyl sites for hydroxylation is 2. The molecule has 3 rings (SSSR count). The van der Waals surface area contributed by atoms with Crippen LogP contribution in [0.2, 0.25) is 0 Å². The van der Waals surface area contributed by atoms with E-state index in [0.717, 1.165) is 11.1 Å². The molecule has 94 valence electrons. The summed E-state index contributed by atoms with van der Waals surface area (Å²) in [7, 11) is 0. The molecule has 0 saturated heterocycles. The number of fused-ring (bicyclic) bond motifs is 1. The molecule has 0 saturated carbocycles. The van der Waals surface area contributed by atoms with Gasteiger partial charge in [0.25, 0.3) is 0 Å². The van der Waals surface area contributed by atoms with Crippen LogP contribution in [0.4, 0.5) is 0 Å². The summed E-state index contributed by atoms with van der Waals surface area (Å²) >= 11 is 0. The van der Waals surface area contributed by atoms with Crippen molar-refractivity contribution in [3.8, 4) is 11.1 Å². The second kappa shape index (κ2) is 7.20. The van der Waals surface area contributed by atoms with E-state index in [0.29, 0.717) is 0 Å². The third-order valence-corrected chi connectivity index (χ3v) is 3.38. The minimum Gasteiger partial charge on any atom is -0.226 e. The Morgan fingerprint density at radius 2 is 1.55 bits per heavy atom. The Morgan fingerprint density at radius 1 is 0.850 bits per heavy atom. The third-order valence-electron chi connectivity index (χ3n) is 3.38. The Hall–Kier alpha value is -0.911. The second-order valence-corrected chi connectivity index (χ2v) is 4.66. The quantitative estimate of drug-likeness (QED) is 0.460. The average Bonchev–Trinajstić information content (AvgIpc) is 2.41. The Balaban J connectivity index is 0.000001000. The SMILES string of the molecule is Cc1[c-]c(-c2[c-]cc3ccccc3c2)ccc1C.[B].[Y]. The molecule has 0 fully saturated rings. The normalized spacial score (nSPS) is 9.70. The van der Waals surface area contributed by atoms with Gasteiger partial charge in [-0.05, 0) is 0 Å². The largest absolute Gasteiger partial charge is 0.226 e. The van der Waals surface area contributed by atoms with E-state index in [-0.39, 0.29) is 41.1 Å². The zero-order valence-electron chi connectivity index (χ0n) is 11.8. The second-order valence-electron chi connectivity index (χ2n) is 4.66. The van der Waals surface area contributed by atoms with Crippen LogP contribution in [0.3, 0.4) is 0 Å². The summed E-state index contributed by atoms with van der Waals surface area (Å²) in [6.07, 6.45) is 0. The first-order valence-electron chi connectivity index (χ1n) is 6.14. The van der Waals surface area contributed by atoms with Crippen molar-refractivity contribution in [3.05, 3.63) is 71.8 Å². The molecular weight excluding hydrogens is 316 g/mol. The maximum absolute atomic E-state index is 3.43. The minimum atomic E-state index is 0. The molecular formula is C18H14BY-2. The van der Waals surface area contributed by atoms with Crippen LogP contribution >= 0.6 is 0 Å². The zero-order valence-corrected chi connectivity index (χ0v) is 14.6. The van der Waals surface area contributed by atoms with E-state index >= 15 is 0 Å². The van der Waals surface area contributed by atoms with Crippen molar-refractivity contribution in [2.24, 2.45) is 0 Å². The molecule has 0 aliphatic heterocycles. The maximum Gasteiger partial charge on any atom is 0 e. The minimum absolute atomic E-state index is 0. The first kappa shape index (κ1) is 17.1. The average molecular weight is 330 g/mol. The fourth-order valence-corrected chi connectivity index (χ4v) is 2.11. The van der Waals surface area contributed by atoms with Crippen molar-refractivity contribution in [1.29, 1.82) is 0 Å². The zero-order chi connectivity index (χ0) is 12.5. The van der Waals surface area contributed by atoms with Crippen molar-refractivity contribution in [3.63, 3.8) is 0 Å². The Morgan fingerprint density at radius 3 is 2.25 bits per heavy atom. The van der Waals surface area contributed by atoms with Crippen LogP contribution in [0.1, 0.15) is 11.1 Å². The van der Waals surface area contributed by atoms with Crippen LogP contribution in [0.25, 0.3) is 21.9 Å². The smallest absolute Gasteiger partial charge is 0 e. The molecule has 0 bridgehead atoms. The van der Waals surface area contributed by atoms with E-state index < -0.39 is 0 Å². The summed E-state index contributed by atoms with van der Waals surface area (Å²) in [6.45, 7) is 4.21. The van der Waals surface area contributed by atoms with Gasteiger partial charge in [0.15, 0.2) is 0 Å². The summed E-state index contributed by atoms with van der Waals surface area (Å²) in [5, 5.41) is 2.47. The summed E-state index contributed by atoms with van der Waals surface area (Å²) in [5.41, 5.74) is 4.70. The van der Waals surface area contributed by atoms with Crippen molar-refractivity contribution < 1.29 is 32.7 Å². The van der Waals surface area contributed by atoms with Gasteiger partial charge in [0.1, 0.15) is 0 Å². The summed E-state index contributed by atoms with van der Waals surface area (Å²) in [4.78, 5) is 0. The molecule has 0 aromatic heterocycles. The molecule has 0 aliphatic rings. The molecule has 3 aromatic rings. The molecule has 3 aromatic carbocycles. The van der Waals surface area contributed by atoms with Crippen molar-refractivity contribution in [2.45, 2.75) is 13.8 Å². The molecule has 0 aliphatic carbocycles. The Kier molecular flexibility index (Phi) is 6.17. The van der Waals surface area contributed by atoms with Gasteiger partial charge in [0, 0.05) is 41.1 Å². The van der Waals surface area contributed by atoms with E-state index in [1.54, 1.807) is 0 Å². The molecule has 2 heteroatoms. The Labute approximate surface area is 148 Å². The van der Waals surface area contributed by atoms with Crippen molar-refractivity contribution >= 4 is 19.2 Å². The van der Waals surface area contributed by atoms with E-state index in [1.807, 2.05) is 6.07 Å². The van der Waals surface area contributed by atoms with Gasteiger partial charge in [-0.3, -0.25) is 0 Å². The van der Waals surface area contributed by atoms with Gasteiger partial charge < -0.3 is 0 Å². The van der Waals surface area contributed by atoms with Crippen molar-refractivity contribution in [1.82, 2.24) is 0 Å². The molecule has 0 unspecified atom stereocenters. The van der Waals surface area contributed by atoms with Gasteiger partial charge in [-0.2, -0.15) is 30.3 Å². The van der Waals surface area contributed by atoms with Gasteiger partial charge in [-0.25, -0.2) is 11.1 Å². The topological polar surface area (TPSA) is 0 Å². The van der Waals surface area contributed by atoms with E-state index in [1.165, 1.54) is 21.9 Å². The predicted molar refractivity (Wildman–Crippen MR) is 82.3 cm³/mol. The molecule has 0 atom stereocenters. The van der Waals surface area contributed by atoms with E-state index in [2.05, 4.69) is 68.4 Å². The summed E-state index contributed by atoms with van der Waals surface area (Å²) in [5.74, 6) is 0. The molecule has 0 nitrogen and oxygen atoms in total. The molecule has 0 spiro atoms. The molecule has 20 heavy (non-hydrogen) atoms. The number of rotatable bonds is 1. The third kappa shape index (κ3) is 3.40. The van der Waals surface area contributed by atoms with E-state index in [4.69, 9.17) is 0 Å². The van der Waals surface area contributed by atoms with Crippen LogP contribution in [0, 0.1) is 26.0 Å². The maximum atomic E-state index is 3.43. The first-order valence-corrected chi connectivity index (χ1v) is 6.14. The van der Waals surface area contributed by atoms with Crippen LogP contribution in [-0.2, 0) is 32.7 Å². The van der Waals surface area contributed by atoms with Gasteiger partial charge in [-0.1, -0.05) is 38.1 Å². The van der Waals surface area contributed by atoms with Gasteiger partial charge in [0.2, 0.25) is 0 Å². The summed E-state index contributed by atoms with van der Waals surface area (Å²) in [6, 6.07) is 23.6. The molecule has 0 N–H and O–H groups in total. The first-order chi connectivity index (χ1) is 8.74. The van der Waals surface area contributed by atoms with Crippen LogP contribution < -0.4 is 0 Å². The standard InChI is InChI=1S/C18H14.B.Y/c1-13-7-8-17(11-14(13)2)18-10-9-15-5-3-4-6-16(15)12-18;;/h3-9,12H,1-2H3;;/q-2;;. The Bertz CT molecular complexity index is 719. The monoisotopic (exact) mass is 330 g/mol. The molecule has 4 radical (unpaired) electrons. The van der Waals surface area contributed by atoms with Crippen LogP contribution in [0.15, 0.2) is 48.5 Å². The van der Waals surface area contributed by atoms with E-state index in [9.17, 15) is 0 Å². The number of hydrogen-bond donors (Lipinski definition) is 0. The van der Waals surface area contributed by atoms with Gasteiger partial charge >= 0.3 is 0 Å².